The van der Waals surface area contributed by atoms with Gasteiger partial charge in [-0.1, -0.05) is 42.5 Å². The molecule has 0 saturated heterocycles. The summed E-state index contributed by atoms with van der Waals surface area (Å²) in [5.41, 5.74) is 8.50. The number of fused-ring (bicyclic) bond motifs is 1. The number of thioether (sulfide) groups is 1. The first-order chi connectivity index (χ1) is 16.7. The van der Waals surface area contributed by atoms with Gasteiger partial charge in [-0.15, -0.1) is 24.9 Å². The summed E-state index contributed by atoms with van der Waals surface area (Å²) in [6.07, 6.45) is -4.79. The summed E-state index contributed by atoms with van der Waals surface area (Å²) >= 11 is 1.41. The molecule has 1 aliphatic heterocycles. The number of anilines is 1. The predicted molar refractivity (Wildman–Crippen MR) is 127 cm³/mol. The first-order valence-electron chi connectivity index (χ1n) is 10.7. The van der Waals surface area contributed by atoms with Crippen molar-refractivity contribution in [2.24, 2.45) is 5.73 Å². The van der Waals surface area contributed by atoms with Gasteiger partial charge >= 0.3 is 6.36 Å². The lowest BCUT2D eigenvalue weighted by Crippen LogP contribution is -2.44. The molecule has 1 atom stereocenters. The maximum absolute atomic E-state index is 13.1. The van der Waals surface area contributed by atoms with Gasteiger partial charge in [-0.2, -0.15) is 0 Å². The van der Waals surface area contributed by atoms with E-state index in [0.29, 0.717) is 29.1 Å². The third-order valence-electron chi connectivity index (χ3n) is 5.31. The molecule has 4 rings (SSSR count). The number of ether oxygens (including phenoxy) is 1. The van der Waals surface area contributed by atoms with Gasteiger partial charge in [0.1, 0.15) is 5.75 Å². The van der Waals surface area contributed by atoms with Crippen molar-refractivity contribution >= 4 is 29.3 Å². The first-order valence-corrected chi connectivity index (χ1v) is 11.7. The largest absolute Gasteiger partial charge is 0.573 e. The standard InChI is InChI=1S/C25H22F3N3O3S/c26-25(27,28)34-19-9-6-17(7-10-19)14-31-21-12-18(8-11-22(21)35-15-20(29)24(31)33)23(32)30-13-16-4-2-1-3-5-16/h1-12,20H,13-15,29H2,(H,30,32)/t20-/m0/s1. The minimum absolute atomic E-state index is 0.0709. The van der Waals surface area contributed by atoms with E-state index in [1.165, 1.54) is 40.9 Å². The van der Waals surface area contributed by atoms with Crippen molar-refractivity contribution in [1.29, 1.82) is 0 Å². The highest BCUT2D eigenvalue weighted by Gasteiger charge is 2.32. The van der Waals surface area contributed by atoms with E-state index in [9.17, 15) is 22.8 Å². The minimum Gasteiger partial charge on any atom is -0.406 e. The summed E-state index contributed by atoms with van der Waals surface area (Å²) in [6, 6.07) is 19.1. The number of alkyl halides is 3. The maximum Gasteiger partial charge on any atom is 0.573 e. The Morgan fingerprint density at radius 1 is 1.06 bits per heavy atom. The highest BCUT2D eigenvalue weighted by Crippen LogP contribution is 2.36. The van der Waals surface area contributed by atoms with Gasteiger partial charge in [0.15, 0.2) is 0 Å². The van der Waals surface area contributed by atoms with Gasteiger partial charge in [-0.25, -0.2) is 0 Å². The highest BCUT2D eigenvalue weighted by atomic mass is 32.2. The molecule has 182 valence electrons. The third kappa shape index (κ3) is 6.34. The topological polar surface area (TPSA) is 84.7 Å². The van der Waals surface area contributed by atoms with Crippen LogP contribution in [0, 0.1) is 0 Å². The van der Waals surface area contributed by atoms with Crippen molar-refractivity contribution in [3.63, 3.8) is 0 Å². The van der Waals surface area contributed by atoms with Crippen LogP contribution in [-0.2, 0) is 17.9 Å². The zero-order chi connectivity index (χ0) is 25.0. The van der Waals surface area contributed by atoms with Crippen LogP contribution in [0.25, 0.3) is 0 Å². The molecular weight excluding hydrogens is 479 g/mol. The molecule has 10 heteroatoms. The lowest BCUT2D eigenvalue weighted by atomic mass is 10.1. The van der Waals surface area contributed by atoms with Crippen LogP contribution in [0.4, 0.5) is 18.9 Å². The lowest BCUT2D eigenvalue weighted by Gasteiger charge is -2.25. The molecule has 0 aromatic heterocycles. The van der Waals surface area contributed by atoms with Gasteiger partial charge in [-0.3, -0.25) is 9.59 Å². The molecule has 3 aromatic rings. The predicted octanol–water partition coefficient (Wildman–Crippen LogP) is 4.48. The molecule has 3 aromatic carbocycles. The van der Waals surface area contributed by atoms with E-state index in [1.807, 2.05) is 30.3 Å². The summed E-state index contributed by atoms with van der Waals surface area (Å²) in [7, 11) is 0. The molecule has 0 saturated carbocycles. The number of nitrogens with zero attached hydrogens (tertiary/aromatic N) is 1. The van der Waals surface area contributed by atoms with Crippen LogP contribution in [0.5, 0.6) is 5.75 Å². The third-order valence-corrected chi connectivity index (χ3v) is 6.49. The number of hydrogen-bond donors (Lipinski definition) is 2. The molecular formula is C25H22F3N3O3S. The molecule has 0 unspecified atom stereocenters. The SMILES string of the molecule is N[C@H]1CSc2ccc(C(=O)NCc3ccccc3)cc2N(Cc2ccc(OC(F)(F)F)cc2)C1=O. The van der Waals surface area contributed by atoms with E-state index in [2.05, 4.69) is 10.1 Å². The summed E-state index contributed by atoms with van der Waals surface area (Å²) in [5.74, 6) is -0.626. The van der Waals surface area contributed by atoms with Crippen LogP contribution < -0.4 is 20.7 Å². The highest BCUT2D eigenvalue weighted by molar-refractivity contribution is 7.99. The number of hydrogen-bond acceptors (Lipinski definition) is 5. The molecule has 3 N–H and O–H groups in total. The van der Waals surface area contributed by atoms with Crippen molar-refractivity contribution in [3.05, 3.63) is 89.5 Å². The van der Waals surface area contributed by atoms with Gasteiger partial charge in [0, 0.05) is 22.8 Å². The summed E-state index contributed by atoms with van der Waals surface area (Å²) < 4.78 is 41.3. The Hall–Kier alpha value is -3.50. The smallest absolute Gasteiger partial charge is 0.406 e. The monoisotopic (exact) mass is 501 g/mol. The van der Waals surface area contributed by atoms with Crippen LogP contribution in [0.1, 0.15) is 21.5 Å². The normalized spacial score (nSPS) is 15.8. The Kier molecular flexibility index (Phi) is 7.32. The van der Waals surface area contributed by atoms with E-state index < -0.39 is 12.4 Å². The summed E-state index contributed by atoms with van der Waals surface area (Å²) in [5, 5.41) is 2.87. The molecule has 1 aliphatic rings. The number of carbonyl (C=O) groups excluding carboxylic acids is 2. The van der Waals surface area contributed by atoms with Crippen LogP contribution in [0.3, 0.4) is 0 Å². The van der Waals surface area contributed by atoms with Crippen LogP contribution in [0.15, 0.2) is 77.7 Å². The fourth-order valence-electron chi connectivity index (χ4n) is 3.58. The molecule has 0 fully saturated rings. The van der Waals surface area contributed by atoms with Crippen molar-refractivity contribution in [2.45, 2.75) is 30.4 Å². The average molecular weight is 502 g/mol. The van der Waals surface area contributed by atoms with Crippen molar-refractivity contribution < 1.29 is 27.5 Å². The lowest BCUT2D eigenvalue weighted by molar-refractivity contribution is -0.274. The quantitative estimate of drug-likeness (QED) is 0.520. The van der Waals surface area contributed by atoms with Gasteiger partial charge in [-0.05, 0) is 41.5 Å². The van der Waals surface area contributed by atoms with Crippen LogP contribution in [0.2, 0.25) is 0 Å². The van der Waals surface area contributed by atoms with E-state index in [1.54, 1.807) is 18.2 Å². The second-order valence-corrected chi connectivity index (χ2v) is 8.95. The Morgan fingerprint density at radius 2 is 1.77 bits per heavy atom. The number of halogens is 3. The first kappa shape index (κ1) is 24.6. The maximum atomic E-state index is 13.1. The summed E-state index contributed by atoms with van der Waals surface area (Å²) in [6.45, 7) is 0.423. The second-order valence-electron chi connectivity index (χ2n) is 7.88. The fraction of sp³-hybridized carbons (Fsp3) is 0.200. The molecule has 2 amide bonds. The van der Waals surface area contributed by atoms with E-state index >= 15 is 0 Å². The molecule has 0 spiro atoms. The fourth-order valence-corrected chi connectivity index (χ4v) is 4.57. The Labute approximate surface area is 204 Å². The van der Waals surface area contributed by atoms with Crippen LogP contribution in [-0.4, -0.2) is 30.0 Å². The molecule has 6 nitrogen and oxygen atoms in total. The van der Waals surface area contributed by atoms with Gasteiger partial charge < -0.3 is 20.7 Å². The molecule has 1 heterocycles. The van der Waals surface area contributed by atoms with E-state index in [0.717, 1.165) is 10.5 Å². The number of carbonyl (C=O) groups is 2. The van der Waals surface area contributed by atoms with Crippen molar-refractivity contribution in [1.82, 2.24) is 5.32 Å². The van der Waals surface area contributed by atoms with E-state index in [4.69, 9.17) is 5.73 Å². The van der Waals surface area contributed by atoms with Crippen molar-refractivity contribution in [2.75, 3.05) is 10.7 Å². The Morgan fingerprint density at radius 3 is 2.46 bits per heavy atom. The van der Waals surface area contributed by atoms with Gasteiger partial charge in [0.25, 0.3) is 5.91 Å². The molecule has 0 aliphatic carbocycles. The molecule has 0 bridgehead atoms. The molecule has 0 radical (unpaired) electrons. The second kappa shape index (κ2) is 10.4. The van der Waals surface area contributed by atoms with Gasteiger partial charge in [0.05, 0.1) is 18.3 Å². The number of benzene rings is 3. The minimum atomic E-state index is -4.79. The molecule has 35 heavy (non-hydrogen) atoms. The number of rotatable bonds is 6. The Bertz CT molecular complexity index is 1200. The number of amides is 2. The zero-order valence-corrected chi connectivity index (χ0v) is 19.2. The van der Waals surface area contributed by atoms with Gasteiger partial charge in [0.2, 0.25) is 5.91 Å². The van der Waals surface area contributed by atoms with Crippen molar-refractivity contribution in [3.8, 4) is 5.75 Å². The summed E-state index contributed by atoms with van der Waals surface area (Å²) in [4.78, 5) is 28.1. The van der Waals surface area contributed by atoms with Crippen LogP contribution >= 0.6 is 11.8 Å². The number of nitrogens with one attached hydrogen (secondary N) is 1. The van der Waals surface area contributed by atoms with E-state index in [-0.39, 0.29) is 24.1 Å². The number of nitrogens with two attached hydrogens (primary N) is 1. The average Bonchev–Trinajstić information content (AvgIpc) is 2.95. The zero-order valence-electron chi connectivity index (χ0n) is 18.4. The Balaban J connectivity index is 1.57.